The van der Waals surface area contributed by atoms with Gasteiger partial charge in [-0.05, 0) is 32.4 Å². The van der Waals surface area contributed by atoms with Gasteiger partial charge in [-0.15, -0.1) is 0 Å². The Morgan fingerprint density at radius 2 is 2.25 bits per heavy atom. The maximum absolute atomic E-state index is 11.6. The van der Waals surface area contributed by atoms with Crippen molar-refractivity contribution in [1.29, 1.82) is 0 Å². The van der Waals surface area contributed by atoms with E-state index in [1.165, 1.54) is 6.26 Å². The SMILES string of the molecule is COC[C@H]1C(NS(C)(=O)=O)CCCN1CCOc1ncccc1C. The minimum Gasteiger partial charge on any atom is -0.476 e. The molecule has 0 saturated carbocycles. The molecule has 2 heterocycles. The van der Waals surface area contributed by atoms with E-state index in [1.54, 1.807) is 13.3 Å². The molecule has 2 atom stereocenters. The van der Waals surface area contributed by atoms with Crippen LogP contribution in [0.4, 0.5) is 0 Å². The van der Waals surface area contributed by atoms with Gasteiger partial charge in [-0.25, -0.2) is 18.1 Å². The molecule has 0 aliphatic carbocycles. The van der Waals surface area contributed by atoms with E-state index in [9.17, 15) is 8.42 Å². The summed E-state index contributed by atoms with van der Waals surface area (Å²) < 4.78 is 37.0. The van der Waals surface area contributed by atoms with Crippen LogP contribution in [0.15, 0.2) is 18.3 Å². The first kappa shape index (κ1) is 19.1. The van der Waals surface area contributed by atoms with Crippen LogP contribution in [0.5, 0.6) is 5.88 Å². The summed E-state index contributed by atoms with van der Waals surface area (Å²) in [6, 6.07) is 3.71. The van der Waals surface area contributed by atoms with E-state index in [4.69, 9.17) is 9.47 Å². The quantitative estimate of drug-likeness (QED) is 0.741. The Balaban J connectivity index is 1.95. The average molecular weight is 357 g/mol. The molecule has 8 heteroatoms. The number of pyridine rings is 1. The molecule has 1 unspecified atom stereocenters. The minimum absolute atomic E-state index is 0.00639. The third-order valence-electron chi connectivity index (χ3n) is 4.18. The Hall–Kier alpha value is -1.22. The lowest BCUT2D eigenvalue weighted by molar-refractivity contribution is 0.0400. The second-order valence-corrected chi connectivity index (χ2v) is 7.95. The Labute approximate surface area is 144 Å². The van der Waals surface area contributed by atoms with Gasteiger partial charge in [0.15, 0.2) is 0 Å². The predicted octanol–water partition coefficient (Wildman–Crippen LogP) is 0.797. The first-order valence-corrected chi connectivity index (χ1v) is 10.0. The maximum Gasteiger partial charge on any atom is 0.216 e. The Morgan fingerprint density at radius 3 is 2.92 bits per heavy atom. The van der Waals surface area contributed by atoms with Crippen molar-refractivity contribution in [3.63, 3.8) is 0 Å². The molecule has 1 fully saturated rings. The highest BCUT2D eigenvalue weighted by molar-refractivity contribution is 7.88. The molecule has 0 amide bonds. The highest BCUT2D eigenvalue weighted by Gasteiger charge is 2.32. The minimum atomic E-state index is -3.24. The third kappa shape index (κ3) is 5.70. The van der Waals surface area contributed by atoms with Crippen LogP contribution in [-0.2, 0) is 14.8 Å². The standard InChI is InChI=1S/C16H27N3O4S/c1-13-6-4-8-17-16(13)23-11-10-19-9-5-7-14(15(19)12-22-2)18-24(3,20)21/h4,6,8,14-15,18H,5,7,9-12H2,1-3H3/t14?,15-/m0/s1. The van der Waals surface area contributed by atoms with Gasteiger partial charge in [-0.2, -0.15) is 0 Å². The van der Waals surface area contributed by atoms with Crippen LogP contribution in [0.3, 0.4) is 0 Å². The van der Waals surface area contributed by atoms with E-state index in [0.29, 0.717) is 25.6 Å². The van der Waals surface area contributed by atoms with Crippen LogP contribution >= 0.6 is 0 Å². The van der Waals surface area contributed by atoms with Gasteiger partial charge < -0.3 is 9.47 Å². The van der Waals surface area contributed by atoms with E-state index in [-0.39, 0.29) is 12.1 Å². The molecule has 1 aromatic rings. The topological polar surface area (TPSA) is 80.8 Å². The number of nitrogens with zero attached hydrogens (tertiary/aromatic N) is 2. The molecule has 0 radical (unpaired) electrons. The molecule has 136 valence electrons. The normalized spacial score (nSPS) is 22.5. The molecule has 1 aliphatic rings. The van der Waals surface area contributed by atoms with Gasteiger partial charge in [-0.3, -0.25) is 4.90 Å². The molecule has 7 nitrogen and oxygen atoms in total. The molecular formula is C16H27N3O4S. The van der Waals surface area contributed by atoms with Crippen LogP contribution in [0.25, 0.3) is 0 Å². The van der Waals surface area contributed by atoms with Gasteiger partial charge in [0.05, 0.1) is 12.9 Å². The summed E-state index contributed by atoms with van der Waals surface area (Å²) in [6.07, 6.45) is 4.67. The Kier molecular flexibility index (Phi) is 6.97. The molecule has 0 aromatic carbocycles. The number of aryl methyl sites for hydroxylation is 1. The largest absolute Gasteiger partial charge is 0.476 e. The lowest BCUT2D eigenvalue weighted by Gasteiger charge is -2.40. The van der Waals surface area contributed by atoms with E-state index in [1.807, 2.05) is 19.1 Å². The first-order chi connectivity index (χ1) is 11.4. The van der Waals surface area contributed by atoms with Crippen molar-refractivity contribution in [2.75, 3.05) is 39.7 Å². The smallest absolute Gasteiger partial charge is 0.216 e. The van der Waals surface area contributed by atoms with Crippen molar-refractivity contribution in [3.8, 4) is 5.88 Å². The lowest BCUT2D eigenvalue weighted by atomic mass is 9.97. The number of methoxy groups -OCH3 is 1. The highest BCUT2D eigenvalue weighted by Crippen LogP contribution is 2.19. The number of rotatable bonds is 8. The number of likely N-dealkylation sites (tertiary alicyclic amines) is 1. The molecule has 0 spiro atoms. The average Bonchev–Trinajstić information content (AvgIpc) is 2.51. The number of ether oxygens (including phenoxy) is 2. The summed E-state index contributed by atoms with van der Waals surface area (Å²) in [7, 11) is -1.60. The van der Waals surface area contributed by atoms with Crippen molar-refractivity contribution in [1.82, 2.24) is 14.6 Å². The second-order valence-electron chi connectivity index (χ2n) is 6.17. The summed E-state index contributed by atoms with van der Waals surface area (Å²) >= 11 is 0. The van der Waals surface area contributed by atoms with Crippen molar-refractivity contribution >= 4 is 10.0 Å². The monoisotopic (exact) mass is 357 g/mol. The molecule has 2 rings (SSSR count). The van der Waals surface area contributed by atoms with Crippen molar-refractivity contribution in [3.05, 3.63) is 23.9 Å². The maximum atomic E-state index is 11.6. The van der Waals surface area contributed by atoms with Crippen LogP contribution in [0, 0.1) is 6.92 Å². The van der Waals surface area contributed by atoms with Gasteiger partial charge in [0.2, 0.25) is 15.9 Å². The summed E-state index contributed by atoms with van der Waals surface area (Å²) in [6.45, 7) is 4.55. The van der Waals surface area contributed by atoms with Gasteiger partial charge in [-0.1, -0.05) is 6.07 Å². The molecule has 1 saturated heterocycles. The van der Waals surface area contributed by atoms with Crippen LogP contribution in [0.1, 0.15) is 18.4 Å². The second kappa shape index (κ2) is 8.75. The van der Waals surface area contributed by atoms with Crippen LogP contribution in [-0.4, -0.2) is 70.1 Å². The number of sulfonamides is 1. The number of hydrogen-bond acceptors (Lipinski definition) is 6. The molecule has 1 aliphatic heterocycles. The summed E-state index contributed by atoms with van der Waals surface area (Å²) in [4.78, 5) is 6.45. The Bertz CT molecular complexity index is 624. The summed E-state index contributed by atoms with van der Waals surface area (Å²) in [5.74, 6) is 0.642. The van der Waals surface area contributed by atoms with Crippen molar-refractivity contribution < 1.29 is 17.9 Å². The molecule has 1 aromatic heterocycles. The fourth-order valence-electron chi connectivity index (χ4n) is 3.09. The number of hydrogen-bond donors (Lipinski definition) is 1. The fourth-order valence-corrected chi connectivity index (χ4v) is 3.92. The van der Waals surface area contributed by atoms with Crippen molar-refractivity contribution in [2.24, 2.45) is 0 Å². The van der Waals surface area contributed by atoms with Crippen LogP contribution in [0.2, 0.25) is 0 Å². The van der Waals surface area contributed by atoms with E-state index >= 15 is 0 Å². The van der Waals surface area contributed by atoms with Crippen LogP contribution < -0.4 is 9.46 Å². The molecule has 0 bridgehead atoms. The third-order valence-corrected chi connectivity index (χ3v) is 4.91. The fraction of sp³-hybridized carbons (Fsp3) is 0.688. The summed E-state index contributed by atoms with van der Waals surface area (Å²) in [5, 5.41) is 0. The molecule has 1 N–H and O–H groups in total. The first-order valence-electron chi connectivity index (χ1n) is 8.15. The zero-order chi connectivity index (χ0) is 17.6. The molecule has 24 heavy (non-hydrogen) atoms. The van der Waals surface area contributed by atoms with Gasteiger partial charge >= 0.3 is 0 Å². The lowest BCUT2D eigenvalue weighted by Crippen LogP contribution is -2.57. The number of aromatic nitrogens is 1. The van der Waals surface area contributed by atoms with E-state index < -0.39 is 10.0 Å². The summed E-state index contributed by atoms with van der Waals surface area (Å²) in [5.41, 5.74) is 1.00. The van der Waals surface area contributed by atoms with Gasteiger partial charge in [0, 0.05) is 37.5 Å². The predicted molar refractivity (Wildman–Crippen MR) is 92.7 cm³/mol. The van der Waals surface area contributed by atoms with Gasteiger partial charge in [0.1, 0.15) is 6.61 Å². The number of piperidine rings is 1. The number of nitrogens with one attached hydrogen (secondary N) is 1. The zero-order valence-electron chi connectivity index (χ0n) is 14.6. The molecular weight excluding hydrogens is 330 g/mol. The zero-order valence-corrected chi connectivity index (χ0v) is 15.4. The van der Waals surface area contributed by atoms with E-state index in [0.717, 1.165) is 24.9 Å². The Morgan fingerprint density at radius 1 is 1.46 bits per heavy atom. The van der Waals surface area contributed by atoms with Gasteiger partial charge in [0.25, 0.3) is 0 Å². The highest BCUT2D eigenvalue weighted by atomic mass is 32.2. The van der Waals surface area contributed by atoms with Crippen molar-refractivity contribution in [2.45, 2.75) is 31.8 Å². The van der Waals surface area contributed by atoms with E-state index in [2.05, 4.69) is 14.6 Å².